The number of hydrogen-bond acceptors (Lipinski definition) is 10. The van der Waals surface area contributed by atoms with E-state index in [0.717, 1.165) is 90.8 Å². The van der Waals surface area contributed by atoms with Crippen molar-refractivity contribution in [2.24, 2.45) is 11.3 Å². The van der Waals surface area contributed by atoms with Gasteiger partial charge in [0.05, 0.1) is 33.0 Å². The molecule has 3 saturated heterocycles. The van der Waals surface area contributed by atoms with Crippen LogP contribution in [0.2, 0.25) is 0 Å². The lowest BCUT2D eigenvalue weighted by molar-refractivity contribution is -0.188. The fourth-order valence-corrected chi connectivity index (χ4v) is 13.6. The Kier molecular flexibility index (Phi) is 8.52. The first-order valence-corrected chi connectivity index (χ1v) is 20.5. The molecule has 2 bridgehead atoms. The third-order valence-corrected chi connectivity index (χ3v) is 15.6. The Hall–Kier alpha value is -3.64. The molecule has 3 N–H and O–H groups in total. The zero-order valence-electron chi connectivity index (χ0n) is 33.4. The van der Waals surface area contributed by atoms with Crippen LogP contribution in [-0.4, -0.2) is 121 Å². The highest BCUT2D eigenvalue weighted by Gasteiger charge is 2.76. The molecule has 2 aromatic carbocycles. The van der Waals surface area contributed by atoms with Crippen molar-refractivity contribution in [2.45, 2.75) is 106 Å². The van der Waals surface area contributed by atoms with Crippen LogP contribution in [0.1, 0.15) is 87.6 Å². The molecule has 6 heterocycles. The summed E-state index contributed by atoms with van der Waals surface area (Å²) in [7, 11) is 6.50. The lowest BCUT2D eigenvalue weighted by Gasteiger charge is -2.62. The summed E-state index contributed by atoms with van der Waals surface area (Å²) < 4.78 is 17.8. The van der Waals surface area contributed by atoms with E-state index in [1.807, 2.05) is 32.2 Å². The zero-order valence-corrected chi connectivity index (χ0v) is 33.4. The van der Waals surface area contributed by atoms with E-state index in [0.29, 0.717) is 44.4 Å². The van der Waals surface area contributed by atoms with Crippen molar-refractivity contribution in [3.8, 4) is 5.75 Å². The number of nitrogens with one attached hydrogen (secondary N) is 1. The highest BCUT2D eigenvalue weighted by molar-refractivity contribution is 5.94. The molecule has 1 spiro atoms. The summed E-state index contributed by atoms with van der Waals surface area (Å²) in [6.45, 7) is 8.20. The maximum absolute atomic E-state index is 15.2. The minimum atomic E-state index is -1.76. The number of anilines is 1. The normalized spacial score (nSPS) is 37.9. The molecule has 9 atom stereocenters. The SMILES string of the molecule is CC[C@@]1(O)C[C@@H]2CN(CCc3c([nH]c4ccccc34)[C@@](C(=O)OC)(c3cc4c(cc3OC)N(C)[C@@H]3[C@]45CCN4CCC[C@@](CC)(C[C@]3(O)C(=O)OC)[C@H]45)C2)C1. The molecule has 1 aliphatic carbocycles. The van der Waals surface area contributed by atoms with Gasteiger partial charge in [-0.3, -0.25) is 14.6 Å². The molecule has 11 nitrogen and oxygen atoms in total. The van der Waals surface area contributed by atoms with Gasteiger partial charge in [0.25, 0.3) is 0 Å². The highest BCUT2D eigenvalue weighted by Crippen LogP contribution is 2.68. The van der Waals surface area contributed by atoms with Crippen molar-refractivity contribution >= 4 is 28.5 Å². The smallest absolute Gasteiger partial charge is 0.340 e. The third kappa shape index (κ3) is 4.82. The van der Waals surface area contributed by atoms with Crippen molar-refractivity contribution in [3.63, 3.8) is 0 Å². The molecule has 0 amide bonds. The molecular formula is C44H58N4O7. The summed E-state index contributed by atoms with van der Waals surface area (Å²) >= 11 is 0. The first-order chi connectivity index (χ1) is 26.4. The molecular weight excluding hydrogens is 697 g/mol. The summed E-state index contributed by atoms with van der Waals surface area (Å²) in [6.07, 6.45) is 6.14. The summed E-state index contributed by atoms with van der Waals surface area (Å²) in [5.41, 5.74) is 0.612. The molecule has 1 aromatic heterocycles. The summed E-state index contributed by atoms with van der Waals surface area (Å²) in [4.78, 5) is 40.2. The first kappa shape index (κ1) is 37.0. The second-order valence-electron chi connectivity index (χ2n) is 18.0. The molecule has 9 rings (SSSR count). The number of H-pyrrole nitrogens is 1. The number of likely N-dealkylation sites (N-methyl/N-ethyl adjacent to an activating group) is 1. The Labute approximate surface area is 324 Å². The number of carbonyl (C=O) groups is 2. The maximum Gasteiger partial charge on any atom is 0.340 e. The number of hydrogen-bond donors (Lipinski definition) is 3. The monoisotopic (exact) mass is 754 g/mol. The molecule has 11 heteroatoms. The topological polar surface area (TPSA) is 128 Å². The summed E-state index contributed by atoms with van der Waals surface area (Å²) in [5, 5.41) is 25.9. The minimum Gasteiger partial charge on any atom is -0.496 e. The van der Waals surface area contributed by atoms with Gasteiger partial charge in [-0.25, -0.2) is 4.79 Å². The number of ether oxygens (including phenoxy) is 3. The second kappa shape index (κ2) is 12.7. The van der Waals surface area contributed by atoms with Gasteiger partial charge in [0.15, 0.2) is 5.60 Å². The van der Waals surface area contributed by atoms with Crippen LogP contribution in [-0.2, 0) is 36.3 Å². The number of methoxy groups -OCH3 is 3. The van der Waals surface area contributed by atoms with Crippen molar-refractivity contribution < 1.29 is 34.0 Å². The number of aliphatic hydroxyl groups is 2. The van der Waals surface area contributed by atoms with Crippen molar-refractivity contribution in [3.05, 3.63) is 58.8 Å². The highest BCUT2D eigenvalue weighted by atomic mass is 16.5. The number of benzene rings is 2. The van der Waals surface area contributed by atoms with Crippen LogP contribution in [0.3, 0.4) is 0 Å². The second-order valence-corrected chi connectivity index (χ2v) is 18.0. The van der Waals surface area contributed by atoms with Crippen molar-refractivity contribution in [1.82, 2.24) is 14.8 Å². The Bertz CT molecular complexity index is 2050. The van der Waals surface area contributed by atoms with Gasteiger partial charge in [-0.05, 0) is 105 Å². The molecule has 4 fully saturated rings. The molecule has 1 saturated carbocycles. The van der Waals surface area contributed by atoms with Gasteiger partial charge in [-0.1, -0.05) is 32.0 Å². The lowest BCUT2D eigenvalue weighted by Crippen LogP contribution is -2.75. The van der Waals surface area contributed by atoms with Crippen molar-refractivity contribution in [2.75, 3.05) is 66.0 Å². The summed E-state index contributed by atoms with van der Waals surface area (Å²) in [6, 6.07) is 12.0. The van der Waals surface area contributed by atoms with E-state index in [1.165, 1.54) is 14.2 Å². The number of para-hydroxylation sites is 1. The average molecular weight is 755 g/mol. The standard InChI is InChI=1S/C44H58N4O7/c1-7-40-15-11-17-48-19-16-42(36(40)48)30-20-31(34(53-4)21-33(30)46(3)37(42)44(52,25-40)39(50)55-6)43(38(49)54-5)23-27-22-41(51,8-2)26-47(24-27)18-14-29-28-12-9-10-13-32(28)45-35(29)43/h9-10,12-13,20-21,27,36-37,45,51-52H,7-8,11,14-19,22-26H2,1-6H3/t27-,36-,37+,40-,41+,42+,43-,44+/m0/s1. The number of nitrogens with zero attached hydrogens (tertiary/aromatic N) is 3. The predicted octanol–water partition coefficient (Wildman–Crippen LogP) is 4.67. The van der Waals surface area contributed by atoms with E-state index in [9.17, 15) is 15.0 Å². The van der Waals surface area contributed by atoms with E-state index in [4.69, 9.17) is 14.2 Å². The zero-order chi connectivity index (χ0) is 38.7. The van der Waals surface area contributed by atoms with Gasteiger partial charge >= 0.3 is 11.9 Å². The van der Waals surface area contributed by atoms with Crippen LogP contribution in [0.4, 0.5) is 5.69 Å². The number of carbonyl (C=O) groups excluding carboxylic acids is 2. The first-order valence-electron chi connectivity index (χ1n) is 20.5. The Morgan fingerprint density at radius 3 is 2.44 bits per heavy atom. The van der Waals surface area contributed by atoms with Crippen LogP contribution >= 0.6 is 0 Å². The van der Waals surface area contributed by atoms with Gasteiger partial charge in [0.2, 0.25) is 0 Å². The van der Waals surface area contributed by atoms with Gasteiger partial charge in [-0.2, -0.15) is 0 Å². The van der Waals surface area contributed by atoms with E-state index < -0.39 is 34.0 Å². The van der Waals surface area contributed by atoms with Crippen LogP contribution in [0.5, 0.6) is 5.75 Å². The average Bonchev–Trinajstić information content (AvgIpc) is 3.85. The molecule has 296 valence electrons. The van der Waals surface area contributed by atoms with Crippen molar-refractivity contribution in [1.29, 1.82) is 0 Å². The third-order valence-electron chi connectivity index (χ3n) is 15.6. The molecule has 5 aliphatic heterocycles. The fourth-order valence-electron chi connectivity index (χ4n) is 13.6. The number of piperidine rings is 2. The van der Waals surface area contributed by atoms with E-state index in [1.54, 1.807) is 7.11 Å². The number of esters is 2. The summed E-state index contributed by atoms with van der Waals surface area (Å²) in [5.74, 6) is -0.445. The number of fused-ring (bicyclic) bond motifs is 6. The molecule has 55 heavy (non-hydrogen) atoms. The Morgan fingerprint density at radius 2 is 1.71 bits per heavy atom. The van der Waals surface area contributed by atoms with Crippen LogP contribution < -0.4 is 9.64 Å². The van der Waals surface area contributed by atoms with E-state index in [2.05, 4.69) is 44.8 Å². The van der Waals surface area contributed by atoms with Gasteiger partial charge in [0, 0.05) is 72.1 Å². The predicted molar refractivity (Wildman–Crippen MR) is 210 cm³/mol. The van der Waals surface area contributed by atoms with E-state index >= 15 is 4.79 Å². The molecule has 1 unspecified atom stereocenters. The van der Waals surface area contributed by atoms with E-state index in [-0.39, 0.29) is 23.3 Å². The Balaban J connectivity index is 1.35. The molecule has 6 aliphatic rings. The van der Waals surface area contributed by atoms with Gasteiger partial charge in [-0.15, -0.1) is 0 Å². The minimum absolute atomic E-state index is 0.0335. The molecule has 3 aromatic rings. The van der Waals surface area contributed by atoms with Crippen LogP contribution in [0, 0.1) is 11.3 Å². The quantitative estimate of drug-likeness (QED) is 0.306. The maximum atomic E-state index is 15.2. The molecule has 0 radical (unpaired) electrons. The largest absolute Gasteiger partial charge is 0.496 e. The van der Waals surface area contributed by atoms with Gasteiger partial charge in [0.1, 0.15) is 11.2 Å². The number of rotatable bonds is 6. The Morgan fingerprint density at radius 1 is 0.927 bits per heavy atom. The number of aromatic nitrogens is 1. The van der Waals surface area contributed by atoms with Crippen LogP contribution in [0.15, 0.2) is 36.4 Å². The fraction of sp³-hybridized carbons (Fsp3) is 0.636. The lowest BCUT2D eigenvalue weighted by atomic mass is 9.48. The number of aromatic amines is 1. The van der Waals surface area contributed by atoms with Gasteiger partial charge < -0.3 is 34.3 Å². The van der Waals surface area contributed by atoms with Crippen LogP contribution in [0.25, 0.3) is 10.9 Å².